The molecule has 51 heavy (non-hydrogen) atoms. The van der Waals surface area contributed by atoms with E-state index in [0.29, 0.717) is 0 Å². The molecule has 5 nitrogen and oxygen atoms in total. The van der Waals surface area contributed by atoms with Crippen molar-refractivity contribution in [1.29, 1.82) is 0 Å². The van der Waals surface area contributed by atoms with Gasteiger partial charge >= 0.3 is 0 Å². The lowest BCUT2D eigenvalue weighted by Crippen LogP contribution is -2.28. The van der Waals surface area contributed by atoms with E-state index in [1.165, 1.54) is 27.6 Å². The maximum atomic E-state index is 6.74. The molecule has 8 aromatic rings. The number of ether oxygens (including phenoxy) is 1. The summed E-state index contributed by atoms with van der Waals surface area (Å²) in [6.45, 7) is 13.4. The van der Waals surface area contributed by atoms with Gasteiger partial charge in [-0.2, -0.15) is 0 Å². The molecule has 0 fully saturated rings. The molecule has 5 heteroatoms. The van der Waals surface area contributed by atoms with Gasteiger partial charge in [-0.25, -0.2) is 4.98 Å². The molecular formula is C46H42N4O. The van der Waals surface area contributed by atoms with E-state index in [-0.39, 0.29) is 10.8 Å². The summed E-state index contributed by atoms with van der Waals surface area (Å²) in [5.41, 5.74) is 8.87. The molecular weight excluding hydrogens is 625 g/mol. The first-order valence-corrected chi connectivity index (χ1v) is 17.5. The first-order valence-electron chi connectivity index (χ1n) is 17.5. The third-order valence-corrected chi connectivity index (χ3v) is 9.57. The number of hydrogen-bond acceptors (Lipinski definition) is 2. The zero-order valence-electron chi connectivity index (χ0n) is 30.1. The number of imidazole rings is 1. The molecule has 0 saturated heterocycles. The molecule has 3 heterocycles. The Bertz CT molecular complexity index is 2530. The number of fused-ring (bicyclic) bond motifs is 3. The van der Waals surface area contributed by atoms with E-state index >= 15 is 0 Å². The van der Waals surface area contributed by atoms with Crippen LogP contribution in [0.3, 0.4) is 0 Å². The molecule has 8 rings (SSSR count). The lowest BCUT2D eigenvalue weighted by atomic mass is 9.86. The van der Waals surface area contributed by atoms with Crippen LogP contribution in [0, 0.1) is 6.33 Å². The van der Waals surface area contributed by atoms with Gasteiger partial charge in [0.2, 0.25) is 0 Å². The fraction of sp³-hybridized carbons (Fsp3) is 0.174. The second-order valence-corrected chi connectivity index (χ2v) is 15.3. The van der Waals surface area contributed by atoms with Crippen molar-refractivity contribution in [3.8, 4) is 39.8 Å². The van der Waals surface area contributed by atoms with Gasteiger partial charge in [-0.3, -0.25) is 13.7 Å². The highest BCUT2D eigenvalue weighted by Gasteiger charge is 2.20. The first-order chi connectivity index (χ1) is 24.5. The standard InChI is InChI=1S/C46H42N4O/c1-45(2,3)34-21-22-47-44(28-34)50-42-18-11-10-17-40(42)41-20-19-38(30-43(41)50)51-39-27-35(46(4,5)6)26-37(29-39)49-24-23-48(31-49)36-16-12-15-33(25-36)32-13-8-7-9-14-32/h7-30H,1-6H3. The van der Waals surface area contributed by atoms with Gasteiger partial charge in [0.1, 0.15) is 17.3 Å². The molecule has 5 aromatic carbocycles. The molecule has 0 aliphatic carbocycles. The SMILES string of the molecule is CC(C)(C)c1cc(Oc2ccc3c4ccccc4n(-c4cc(C(C)(C)C)ccn4)c3c2)cc(-n2[c-][n+](-c3cccc(-c4ccccc4)c3)cc2)c1. The van der Waals surface area contributed by atoms with E-state index in [9.17, 15) is 0 Å². The summed E-state index contributed by atoms with van der Waals surface area (Å²) >= 11 is 0. The number of benzene rings is 5. The second-order valence-electron chi connectivity index (χ2n) is 15.3. The Kier molecular flexibility index (Phi) is 7.87. The van der Waals surface area contributed by atoms with Crippen molar-refractivity contribution in [3.63, 3.8) is 0 Å². The number of nitrogens with zero attached hydrogens (tertiary/aromatic N) is 4. The zero-order valence-corrected chi connectivity index (χ0v) is 30.1. The highest BCUT2D eigenvalue weighted by molar-refractivity contribution is 6.09. The lowest BCUT2D eigenvalue weighted by Gasteiger charge is -2.22. The van der Waals surface area contributed by atoms with Crippen molar-refractivity contribution >= 4 is 21.8 Å². The van der Waals surface area contributed by atoms with Crippen LogP contribution in [0.2, 0.25) is 0 Å². The minimum atomic E-state index is -0.0959. The topological polar surface area (TPSA) is 35.9 Å². The summed E-state index contributed by atoms with van der Waals surface area (Å²) in [4.78, 5) is 4.85. The monoisotopic (exact) mass is 666 g/mol. The van der Waals surface area contributed by atoms with E-state index in [1.54, 1.807) is 0 Å². The predicted octanol–water partition coefficient (Wildman–Crippen LogP) is 11.1. The molecule has 0 atom stereocenters. The normalized spacial score (nSPS) is 12.1. The summed E-state index contributed by atoms with van der Waals surface area (Å²) in [7, 11) is 0. The van der Waals surface area contributed by atoms with Gasteiger partial charge in [0.05, 0.1) is 22.4 Å². The molecule has 0 radical (unpaired) electrons. The van der Waals surface area contributed by atoms with Crippen molar-refractivity contribution < 1.29 is 9.30 Å². The third kappa shape index (κ3) is 6.32. The highest BCUT2D eigenvalue weighted by Crippen LogP contribution is 2.37. The predicted molar refractivity (Wildman–Crippen MR) is 208 cm³/mol. The van der Waals surface area contributed by atoms with Crippen LogP contribution in [-0.2, 0) is 10.8 Å². The van der Waals surface area contributed by atoms with E-state index in [4.69, 9.17) is 9.72 Å². The number of aromatic nitrogens is 4. The summed E-state index contributed by atoms with van der Waals surface area (Å²) in [6.07, 6.45) is 9.55. The van der Waals surface area contributed by atoms with Gasteiger partial charge in [0.25, 0.3) is 6.33 Å². The summed E-state index contributed by atoms with van der Waals surface area (Å²) in [5, 5.41) is 2.35. The Morgan fingerprint density at radius 1 is 0.608 bits per heavy atom. The molecule has 0 unspecified atom stereocenters. The molecule has 0 N–H and O–H groups in total. The maximum Gasteiger partial charge on any atom is 0.268 e. The molecule has 0 spiro atoms. The van der Waals surface area contributed by atoms with Gasteiger partial charge < -0.3 is 4.74 Å². The summed E-state index contributed by atoms with van der Waals surface area (Å²) in [6, 6.07) is 44.7. The van der Waals surface area contributed by atoms with Gasteiger partial charge in [-0.05, 0) is 93.7 Å². The van der Waals surface area contributed by atoms with Crippen LogP contribution in [0.5, 0.6) is 11.5 Å². The molecule has 0 bridgehead atoms. The molecule has 0 aliphatic rings. The smallest absolute Gasteiger partial charge is 0.268 e. The minimum Gasteiger partial charge on any atom is -0.458 e. The van der Waals surface area contributed by atoms with Crippen molar-refractivity contribution in [1.82, 2.24) is 14.1 Å². The lowest BCUT2D eigenvalue weighted by molar-refractivity contribution is -0.599. The molecule has 0 saturated carbocycles. The Hall–Kier alpha value is -5.94. The van der Waals surface area contributed by atoms with Crippen LogP contribution in [0.25, 0.3) is 50.1 Å². The quantitative estimate of drug-likeness (QED) is 0.131. The summed E-state index contributed by atoms with van der Waals surface area (Å²) < 4.78 is 13.1. The zero-order chi connectivity index (χ0) is 35.3. The number of hydrogen-bond donors (Lipinski definition) is 0. The molecule has 0 aliphatic heterocycles. The van der Waals surface area contributed by atoms with Crippen LogP contribution in [0.4, 0.5) is 0 Å². The molecule has 252 valence electrons. The number of pyridine rings is 1. The highest BCUT2D eigenvalue weighted by atomic mass is 16.5. The van der Waals surface area contributed by atoms with Gasteiger partial charge in [-0.15, -0.1) is 0 Å². The summed E-state index contributed by atoms with van der Waals surface area (Å²) in [5.74, 6) is 2.43. The molecule has 3 aromatic heterocycles. The Morgan fingerprint density at radius 2 is 1.35 bits per heavy atom. The van der Waals surface area contributed by atoms with E-state index in [1.807, 2.05) is 33.8 Å². The van der Waals surface area contributed by atoms with Gasteiger partial charge in [0, 0.05) is 35.4 Å². The first kappa shape index (κ1) is 32.3. The average molecular weight is 667 g/mol. The van der Waals surface area contributed by atoms with Gasteiger partial charge in [0.15, 0.2) is 0 Å². The van der Waals surface area contributed by atoms with Crippen LogP contribution in [0.15, 0.2) is 146 Å². The largest absolute Gasteiger partial charge is 0.458 e. The Balaban J connectivity index is 1.18. The van der Waals surface area contributed by atoms with E-state index in [0.717, 1.165) is 45.1 Å². The number of para-hydroxylation sites is 1. The minimum absolute atomic E-state index is 0.00309. The Labute approximate surface area is 300 Å². The third-order valence-electron chi connectivity index (χ3n) is 9.57. The van der Waals surface area contributed by atoms with Crippen LogP contribution in [-0.4, -0.2) is 14.1 Å². The maximum absolute atomic E-state index is 6.74. The fourth-order valence-corrected chi connectivity index (χ4v) is 6.69. The van der Waals surface area contributed by atoms with Crippen molar-refractivity contribution in [3.05, 3.63) is 163 Å². The van der Waals surface area contributed by atoms with Crippen molar-refractivity contribution in [2.24, 2.45) is 0 Å². The fourth-order valence-electron chi connectivity index (χ4n) is 6.69. The molecule has 0 amide bonds. The van der Waals surface area contributed by atoms with Crippen LogP contribution >= 0.6 is 0 Å². The van der Waals surface area contributed by atoms with Gasteiger partial charge in [-0.1, -0.05) is 102 Å². The number of rotatable bonds is 6. The average Bonchev–Trinajstić information content (AvgIpc) is 3.75. The van der Waals surface area contributed by atoms with E-state index in [2.05, 4.69) is 174 Å². The second kappa shape index (κ2) is 12.4. The van der Waals surface area contributed by atoms with E-state index < -0.39 is 0 Å². The van der Waals surface area contributed by atoms with Crippen LogP contribution in [0.1, 0.15) is 52.7 Å². The van der Waals surface area contributed by atoms with Crippen LogP contribution < -0.4 is 9.30 Å². The van der Waals surface area contributed by atoms with Crippen molar-refractivity contribution in [2.45, 2.75) is 52.4 Å². The van der Waals surface area contributed by atoms with Crippen molar-refractivity contribution in [2.75, 3.05) is 0 Å². The Morgan fingerprint density at radius 3 is 2.16 bits per heavy atom.